The molecule has 0 bridgehead atoms. The first-order valence-electron chi connectivity index (χ1n) is 10.7. The number of halogens is 6. The number of hydrazine groups is 1. The van der Waals surface area contributed by atoms with Gasteiger partial charge >= 0.3 is 17.8 Å². The summed E-state index contributed by atoms with van der Waals surface area (Å²) in [5.74, 6) is -0.645. The van der Waals surface area contributed by atoms with Crippen LogP contribution in [-0.2, 0) is 17.5 Å². The molecule has 2 aliphatic rings. The van der Waals surface area contributed by atoms with Crippen LogP contribution in [0.5, 0.6) is 0 Å². The number of carbonyl (C=O) groups excluding carboxylic acids is 2. The van der Waals surface area contributed by atoms with Crippen LogP contribution in [0.15, 0.2) is 53.4 Å². The molecule has 35 heavy (non-hydrogen) atoms. The fourth-order valence-corrected chi connectivity index (χ4v) is 4.84. The zero-order chi connectivity index (χ0) is 25.4. The van der Waals surface area contributed by atoms with Crippen molar-refractivity contribution in [2.24, 2.45) is 0 Å². The van der Waals surface area contributed by atoms with Gasteiger partial charge in [-0.25, -0.2) is 14.8 Å². The van der Waals surface area contributed by atoms with Crippen LogP contribution < -0.4 is 0 Å². The molecule has 0 N–H and O–H groups in total. The van der Waals surface area contributed by atoms with Crippen LogP contribution in [0.1, 0.15) is 53.6 Å². The highest BCUT2D eigenvalue weighted by atomic mass is 32.2. The van der Waals surface area contributed by atoms with Gasteiger partial charge in [0.2, 0.25) is 5.72 Å². The Bertz CT molecular complexity index is 1080. The Morgan fingerprint density at radius 2 is 1.51 bits per heavy atom. The van der Waals surface area contributed by atoms with E-state index < -0.39 is 35.0 Å². The molecule has 5 nitrogen and oxygen atoms in total. The molecular formula is C23H20F6N2O3S. The third-order valence-electron chi connectivity index (χ3n) is 5.89. The standard InChI is InChI=1S/C23H20F6N2O3S/c24-22(25,26)17-8-4-15(5-9-17)14-30-20(33)34-21(12-2-1-3-13-21)31(30)19(32)16-6-10-18(11-7-16)35-23(27,28)29/h4-11H,1-3,12-14H2. The van der Waals surface area contributed by atoms with E-state index in [2.05, 4.69) is 0 Å². The molecule has 0 atom stereocenters. The molecule has 4 rings (SSSR count). The summed E-state index contributed by atoms with van der Waals surface area (Å²) in [6.07, 6.45) is -2.34. The molecular weight excluding hydrogens is 498 g/mol. The Labute approximate surface area is 201 Å². The third kappa shape index (κ3) is 5.52. The highest BCUT2D eigenvalue weighted by Crippen LogP contribution is 2.43. The van der Waals surface area contributed by atoms with E-state index in [1.165, 1.54) is 29.3 Å². The second-order valence-corrected chi connectivity index (χ2v) is 9.45. The topological polar surface area (TPSA) is 49.9 Å². The summed E-state index contributed by atoms with van der Waals surface area (Å²) in [5.41, 5.74) is -6.18. The van der Waals surface area contributed by atoms with Gasteiger partial charge < -0.3 is 4.74 Å². The van der Waals surface area contributed by atoms with Gasteiger partial charge in [-0.2, -0.15) is 26.3 Å². The van der Waals surface area contributed by atoms with Gasteiger partial charge in [0.25, 0.3) is 5.91 Å². The fourth-order valence-electron chi connectivity index (χ4n) is 4.30. The van der Waals surface area contributed by atoms with Crippen molar-refractivity contribution in [3.63, 3.8) is 0 Å². The lowest BCUT2D eigenvalue weighted by Gasteiger charge is -2.40. The summed E-state index contributed by atoms with van der Waals surface area (Å²) in [6.45, 7) is -0.216. The number of nitrogens with zero attached hydrogens (tertiary/aromatic N) is 2. The maximum absolute atomic E-state index is 13.5. The highest BCUT2D eigenvalue weighted by Gasteiger charge is 2.55. The molecule has 2 aromatic carbocycles. The van der Waals surface area contributed by atoms with Gasteiger partial charge in [0.15, 0.2) is 0 Å². The van der Waals surface area contributed by atoms with Crippen LogP contribution >= 0.6 is 11.8 Å². The Balaban J connectivity index is 1.63. The van der Waals surface area contributed by atoms with Crippen molar-refractivity contribution < 1.29 is 40.7 Å². The van der Waals surface area contributed by atoms with Crippen molar-refractivity contribution in [3.8, 4) is 0 Å². The number of benzene rings is 2. The average Bonchev–Trinajstić information content (AvgIpc) is 3.03. The van der Waals surface area contributed by atoms with E-state index in [-0.39, 0.29) is 28.8 Å². The quantitative estimate of drug-likeness (QED) is 0.324. The Morgan fingerprint density at radius 1 is 0.914 bits per heavy atom. The predicted octanol–water partition coefficient (Wildman–Crippen LogP) is 6.99. The van der Waals surface area contributed by atoms with Crippen LogP contribution in [0.25, 0.3) is 0 Å². The van der Waals surface area contributed by atoms with Gasteiger partial charge in [-0.1, -0.05) is 18.6 Å². The Kier molecular flexibility index (Phi) is 6.69. The fraction of sp³-hybridized carbons (Fsp3) is 0.391. The van der Waals surface area contributed by atoms with E-state index in [1.54, 1.807) is 0 Å². The molecule has 0 unspecified atom stereocenters. The first-order valence-corrected chi connectivity index (χ1v) is 11.6. The van der Waals surface area contributed by atoms with Crippen molar-refractivity contribution in [1.29, 1.82) is 0 Å². The number of ether oxygens (including phenoxy) is 1. The molecule has 1 saturated heterocycles. The molecule has 2 amide bonds. The molecule has 2 fully saturated rings. The maximum Gasteiger partial charge on any atom is 0.446 e. The number of alkyl halides is 6. The minimum atomic E-state index is -4.52. The van der Waals surface area contributed by atoms with Crippen LogP contribution in [0.2, 0.25) is 0 Å². The molecule has 1 aliphatic carbocycles. The summed E-state index contributed by atoms with van der Waals surface area (Å²) in [4.78, 5) is 26.3. The van der Waals surface area contributed by atoms with Crippen LogP contribution in [0, 0.1) is 0 Å². The van der Waals surface area contributed by atoms with Crippen LogP contribution in [-0.4, -0.2) is 33.3 Å². The normalized spacial score (nSPS) is 18.2. The molecule has 0 aromatic heterocycles. The lowest BCUT2D eigenvalue weighted by atomic mass is 9.90. The number of thioether (sulfide) groups is 1. The van der Waals surface area contributed by atoms with Gasteiger partial charge in [-0.15, -0.1) is 0 Å². The van der Waals surface area contributed by atoms with Crippen molar-refractivity contribution >= 4 is 23.8 Å². The summed E-state index contributed by atoms with van der Waals surface area (Å²) in [6, 6.07) is 9.02. The van der Waals surface area contributed by atoms with Gasteiger partial charge in [0.1, 0.15) is 0 Å². The molecule has 1 aliphatic heterocycles. The summed E-state index contributed by atoms with van der Waals surface area (Å²) in [7, 11) is 0. The summed E-state index contributed by atoms with van der Waals surface area (Å²) >= 11 is -0.314. The molecule has 1 heterocycles. The molecule has 188 valence electrons. The number of rotatable bonds is 4. The third-order valence-corrected chi connectivity index (χ3v) is 6.63. The Hall–Kier alpha value is -2.89. The largest absolute Gasteiger partial charge is 0.446 e. The van der Waals surface area contributed by atoms with E-state index in [1.807, 2.05) is 0 Å². The highest BCUT2D eigenvalue weighted by molar-refractivity contribution is 8.00. The van der Waals surface area contributed by atoms with Crippen LogP contribution in [0.4, 0.5) is 31.1 Å². The van der Waals surface area contributed by atoms with Crippen molar-refractivity contribution in [3.05, 3.63) is 65.2 Å². The van der Waals surface area contributed by atoms with Gasteiger partial charge in [0.05, 0.1) is 12.1 Å². The first-order chi connectivity index (χ1) is 16.4. The molecule has 0 radical (unpaired) electrons. The summed E-state index contributed by atoms with van der Waals surface area (Å²) in [5, 5.41) is 2.23. The van der Waals surface area contributed by atoms with E-state index in [4.69, 9.17) is 4.74 Å². The van der Waals surface area contributed by atoms with Crippen molar-refractivity contribution in [2.45, 2.75) is 61.0 Å². The van der Waals surface area contributed by atoms with Gasteiger partial charge in [-0.05, 0) is 66.6 Å². The number of amides is 2. The average molecular weight is 518 g/mol. The zero-order valence-corrected chi connectivity index (χ0v) is 19.0. The first kappa shape index (κ1) is 25.2. The lowest BCUT2D eigenvalue weighted by molar-refractivity contribution is -0.137. The lowest BCUT2D eigenvalue weighted by Crippen LogP contribution is -2.54. The molecule has 1 saturated carbocycles. The van der Waals surface area contributed by atoms with Crippen molar-refractivity contribution in [2.75, 3.05) is 0 Å². The summed E-state index contributed by atoms with van der Waals surface area (Å²) < 4.78 is 82.3. The smallest absolute Gasteiger partial charge is 0.419 e. The Morgan fingerprint density at radius 3 is 2.06 bits per heavy atom. The number of hydrogen-bond donors (Lipinski definition) is 0. The SMILES string of the molecule is O=C1OC2(CCCCC2)N(C(=O)c2ccc(SC(F)(F)F)cc2)N1Cc1ccc(C(F)(F)F)cc1. The van der Waals surface area contributed by atoms with E-state index in [9.17, 15) is 35.9 Å². The monoisotopic (exact) mass is 518 g/mol. The predicted molar refractivity (Wildman–Crippen MR) is 114 cm³/mol. The second-order valence-electron chi connectivity index (χ2n) is 8.32. The number of hydrogen-bond acceptors (Lipinski definition) is 4. The minimum absolute atomic E-state index is 0.0530. The molecule has 2 aromatic rings. The second kappa shape index (κ2) is 9.29. The van der Waals surface area contributed by atoms with Gasteiger partial charge in [-0.3, -0.25) is 4.79 Å². The zero-order valence-electron chi connectivity index (χ0n) is 18.2. The van der Waals surface area contributed by atoms with E-state index in [0.29, 0.717) is 31.2 Å². The van der Waals surface area contributed by atoms with E-state index in [0.717, 1.165) is 35.7 Å². The minimum Gasteiger partial charge on any atom is -0.419 e. The van der Waals surface area contributed by atoms with Crippen molar-refractivity contribution in [1.82, 2.24) is 10.0 Å². The van der Waals surface area contributed by atoms with Gasteiger partial charge in [0, 0.05) is 23.3 Å². The number of carbonyl (C=O) groups is 2. The van der Waals surface area contributed by atoms with Crippen LogP contribution in [0.3, 0.4) is 0 Å². The molecule has 1 spiro atoms. The molecule has 12 heteroatoms. The van der Waals surface area contributed by atoms with E-state index >= 15 is 0 Å². The maximum atomic E-state index is 13.5.